The van der Waals surface area contributed by atoms with Gasteiger partial charge in [-0.3, -0.25) is 4.98 Å². The van der Waals surface area contributed by atoms with E-state index in [0.29, 0.717) is 24.3 Å². The standard InChI is InChI=1S/C23H25N5O/c24-13-22-26-17(14-29-22)11-16(12-21-27-19-8-1-2-9-20(19)28-21)18-7-3-5-15-6-4-10-25-23(15)18/h1-2,4,6,8-10,14,16,18H,3,5,7,11-13,24H2,(H,27,28). The molecule has 3 aromatic heterocycles. The second-order valence-corrected chi connectivity index (χ2v) is 7.85. The van der Waals surface area contributed by atoms with Gasteiger partial charge >= 0.3 is 0 Å². The molecule has 4 aromatic rings. The SMILES string of the molecule is NCc1nc(CC(Cc2nc3ccccc3[nH]2)C2CCCc3cccnc32)co1. The topological polar surface area (TPSA) is 93.6 Å². The molecule has 2 unspecified atom stereocenters. The highest BCUT2D eigenvalue weighted by molar-refractivity contribution is 5.74. The van der Waals surface area contributed by atoms with Crippen LogP contribution in [0.5, 0.6) is 0 Å². The van der Waals surface area contributed by atoms with E-state index in [1.807, 2.05) is 30.5 Å². The molecule has 0 amide bonds. The van der Waals surface area contributed by atoms with Gasteiger partial charge in [0.1, 0.15) is 12.1 Å². The summed E-state index contributed by atoms with van der Waals surface area (Å²) in [7, 11) is 0. The van der Waals surface area contributed by atoms with Crippen LogP contribution in [0.25, 0.3) is 11.0 Å². The fraction of sp³-hybridized carbons (Fsp3) is 0.348. The molecule has 0 fully saturated rings. The molecule has 0 spiro atoms. The van der Waals surface area contributed by atoms with Crippen molar-refractivity contribution in [1.82, 2.24) is 19.9 Å². The Hall–Kier alpha value is -2.99. The van der Waals surface area contributed by atoms with Crippen LogP contribution >= 0.6 is 0 Å². The molecule has 0 saturated heterocycles. The van der Waals surface area contributed by atoms with E-state index >= 15 is 0 Å². The van der Waals surface area contributed by atoms with Gasteiger partial charge in [0.25, 0.3) is 0 Å². The van der Waals surface area contributed by atoms with E-state index < -0.39 is 0 Å². The number of nitrogens with two attached hydrogens (primary N) is 1. The fourth-order valence-electron chi connectivity index (χ4n) is 4.62. The van der Waals surface area contributed by atoms with Crippen molar-refractivity contribution in [2.24, 2.45) is 11.7 Å². The minimum absolute atomic E-state index is 0.321. The normalized spacial score (nSPS) is 17.3. The summed E-state index contributed by atoms with van der Waals surface area (Å²) in [5.74, 6) is 2.32. The molecular formula is C23H25N5O. The first kappa shape index (κ1) is 18.1. The number of nitrogens with one attached hydrogen (secondary N) is 1. The van der Waals surface area contributed by atoms with Gasteiger partial charge in [-0.25, -0.2) is 9.97 Å². The predicted octanol–water partition coefficient (Wildman–Crippen LogP) is 3.93. The van der Waals surface area contributed by atoms with E-state index in [1.54, 1.807) is 6.26 Å². The van der Waals surface area contributed by atoms with Gasteiger partial charge in [0.05, 0.1) is 23.3 Å². The number of hydrogen-bond donors (Lipinski definition) is 2. The molecule has 1 aromatic carbocycles. The molecule has 0 aliphatic heterocycles. The van der Waals surface area contributed by atoms with E-state index in [4.69, 9.17) is 20.1 Å². The van der Waals surface area contributed by atoms with E-state index in [1.165, 1.54) is 17.7 Å². The van der Waals surface area contributed by atoms with Crippen molar-refractivity contribution in [1.29, 1.82) is 0 Å². The van der Waals surface area contributed by atoms with Crippen molar-refractivity contribution < 1.29 is 4.42 Å². The third-order valence-corrected chi connectivity index (χ3v) is 5.95. The van der Waals surface area contributed by atoms with Crippen LogP contribution in [0.4, 0.5) is 0 Å². The zero-order valence-electron chi connectivity index (χ0n) is 16.3. The average molecular weight is 387 g/mol. The molecule has 0 bridgehead atoms. The molecule has 6 heteroatoms. The number of imidazole rings is 1. The number of aryl methyl sites for hydroxylation is 1. The van der Waals surface area contributed by atoms with Crippen molar-refractivity contribution in [3.8, 4) is 0 Å². The number of rotatable bonds is 6. The number of aromatic nitrogens is 4. The second-order valence-electron chi connectivity index (χ2n) is 7.85. The molecule has 2 atom stereocenters. The van der Waals surface area contributed by atoms with E-state index in [0.717, 1.165) is 48.2 Å². The number of aromatic amines is 1. The zero-order valence-corrected chi connectivity index (χ0v) is 16.3. The summed E-state index contributed by atoms with van der Waals surface area (Å²) in [5.41, 5.74) is 11.3. The molecule has 5 rings (SSSR count). The summed E-state index contributed by atoms with van der Waals surface area (Å²) >= 11 is 0. The maximum Gasteiger partial charge on any atom is 0.207 e. The first-order valence-corrected chi connectivity index (χ1v) is 10.3. The highest BCUT2D eigenvalue weighted by atomic mass is 16.3. The monoisotopic (exact) mass is 387 g/mol. The largest absolute Gasteiger partial charge is 0.447 e. The molecule has 6 nitrogen and oxygen atoms in total. The Bertz CT molecular complexity index is 1080. The fourth-order valence-corrected chi connectivity index (χ4v) is 4.62. The van der Waals surface area contributed by atoms with Gasteiger partial charge in [0.2, 0.25) is 5.89 Å². The molecule has 3 N–H and O–H groups in total. The van der Waals surface area contributed by atoms with Gasteiger partial charge in [-0.15, -0.1) is 0 Å². The minimum atomic E-state index is 0.321. The maximum atomic E-state index is 5.69. The highest BCUT2D eigenvalue weighted by Crippen LogP contribution is 2.38. The molecule has 148 valence electrons. The average Bonchev–Trinajstić information content (AvgIpc) is 3.39. The second kappa shape index (κ2) is 7.79. The van der Waals surface area contributed by atoms with Crippen molar-refractivity contribution in [3.05, 3.63) is 77.5 Å². The van der Waals surface area contributed by atoms with Gasteiger partial charge in [-0.1, -0.05) is 18.2 Å². The lowest BCUT2D eigenvalue weighted by Gasteiger charge is -2.30. The molecule has 1 aliphatic carbocycles. The number of pyridine rings is 1. The summed E-state index contributed by atoms with van der Waals surface area (Å²) in [5, 5.41) is 0. The van der Waals surface area contributed by atoms with Crippen LogP contribution in [0.15, 0.2) is 53.3 Å². The summed E-state index contributed by atoms with van der Waals surface area (Å²) in [6.45, 7) is 0.321. The maximum absolute atomic E-state index is 5.69. The molecule has 0 radical (unpaired) electrons. The lowest BCUT2D eigenvalue weighted by Crippen LogP contribution is -2.24. The smallest absolute Gasteiger partial charge is 0.207 e. The Morgan fingerprint density at radius 2 is 2.07 bits per heavy atom. The Balaban J connectivity index is 1.48. The van der Waals surface area contributed by atoms with E-state index in [-0.39, 0.29) is 0 Å². The van der Waals surface area contributed by atoms with Crippen LogP contribution in [-0.2, 0) is 25.8 Å². The van der Waals surface area contributed by atoms with Gasteiger partial charge in [0, 0.05) is 24.2 Å². The van der Waals surface area contributed by atoms with Gasteiger partial charge in [-0.2, -0.15) is 0 Å². The van der Waals surface area contributed by atoms with E-state index in [9.17, 15) is 0 Å². The highest BCUT2D eigenvalue weighted by Gasteiger charge is 2.30. The van der Waals surface area contributed by atoms with Gasteiger partial charge in [-0.05, 0) is 55.4 Å². The number of hydrogen-bond acceptors (Lipinski definition) is 5. The quantitative estimate of drug-likeness (QED) is 0.523. The summed E-state index contributed by atoms with van der Waals surface area (Å²) in [4.78, 5) is 17.7. The Labute approximate surface area is 169 Å². The van der Waals surface area contributed by atoms with Gasteiger partial charge < -0.3 is 15.1 Å². The van der Waals surface area contributed by atoms with Crippen molar-refractivity contribution >= 4 is 11.0 Å². The van der Waals surface area contributed by atoms with Crippen molar-refractivity contribution in [2.45, 2.75) is 44.6 Å². The molecule has 3 heterocycles. The molecule has 0 saturated carbocycles. The number of H-pyrrole nitrogens is 1. The first-order chi connectivity index (χ1) is 14.3. The Morgan fingerprint density at radius 1 is 1.14 bits per heavy atom. The Morgan fingerprint density at radius 3 is 2.93 bits per heavy atom. The molecule has 29 heavy (non-hydrogen) atoms. The van der Waals surface area contributed by atoms with Crippen LogP contribution in [0, 0.1) is 5.92 Å². The van der Waals surface area contributed by atoms with Crippen LogP contribution in [-0.4, -0.2) is 19.9 Å². The molecule has 1 aliphatic rings. The summed E-state index contributed by atoms with van der Waals surface area (Å²) in [6, 6.07) is 12.4. The number of para-hydroxylation sites is 2. The number of fused-ring (bicyclic) bond motifs is 2. The number of nitrogens with zero attached hydrogens (tertiary/aromatic N) is 3. The van der Waals surface area contributed by atoms with Gasteiger partial charge in [0.15, 0.2) is 0 Å². The lowest BCUT2D eigenvalue weighted by molar-refractivity contribution is 0.358. The van der Waals surface area contributed by atoms with Crippen molar-refractivity contribution in [3.63, 3.8) is 0 Å². The van der Waals surface area contributed by atoms with Crippen LogP contribution in [0.1, 0.15) is 47.4 Å². The number of benzene rings is 1. The Kier molecular flexibility index (Phi) is 4.86. The van der Waals surface area contributed by atoms with Crippen LogP contribution in [0.3, 0.4) is 0 Å². The summed E-state index contributed by atoms with van der Waals surface area (Å²) < 4.78 is 5.49. The van der Waals surface area contributed by atoms with Crippen molar-refractivity contribution in [2.75, 3.05) is 0 Å². The molecular weight excluding hydrogens is 362 g/mol. The third kappa shape index (κ3) is 3.68. The first-order valence-electron chi connectivity index (χ1n) is 10.3. The number of oxazole rings is 1. The van der Waals surface area contributed by atoms with E-state index in [2.05, 4.69) is 22.1 Å². The zero-order chi connectivity index (χ0) is 19.6. The third-order valence-electron chi connectivity index (χ3n) is 5.95. The summed E-state index contributed by atoms with van der Waals surface area (Å²) in [6.07, 6.45) is 8.76. The van der Waals surface area contributed by atoms with Crippen LogP contribution in [0.2, 0.25) is 0 Å². The predicted molar refractivity (Wildman–Crippen MR) is 111 cm³/mol. The lowest BCUT2D eigenvalue weighted by atomic mass is 9.75. The minimum Gasteiger partial charge on any atom is -0.447 e. The van der Waals surface area contributed by atoms with Crippen LogP contribution < -0.4 is 5.73 Å².